The van der Waals surface area contributed by atoms with Crippen LogP contribution in [-0.4, -0.2) is 132 Å². The number of hydrogen-bond acceptors (Lipinski definition) is 15. The number of rotatable bonds is 25. The average molecular weight is 1050 g/mol. The number of imide groups is 1. The number of anilines is 1. The summed E-state index contributed by atoms with van der Waals surface area (Å²) in [4.78, 5) is 42.5. The second-order valence-electron chi connectivity index (χ2n) is 16.5. The van der Waals surface area contributed by atoms with Crippen LogP contribution in [0.1, 0.15) is 82.8 Å². The van der Waals surface area contributed by atoms with Gasteiger partial charge in [-0.15, -0.1) is 5.06 Å². The molecule has 2 unspecified atom stereocenters. The normalized spacial score (nSPS) is 19.8. The Balaban J connectivity index is 0.00000544. The van der Waals surface area contributed by atoms with Crippen LogP contribution >= 0.6 is 0 Å². The third-order valence-electron chi connectivity index (χ3n) is 12.0. The zero-order valence-electron chi connectivity index (χ0n) is 40.3. The van der Waals surface area contributed by atoms with Gasteiger partial charge in [-0.25, -0.2) is 13.2 Å². The van der Waals surface area contributed by atoms with E-state index in [1.165, 1.54) is 31.4 Å². The molecule has 362 valence electrons. The van der Waals surface area contributed by atoms with Gasteiger partial charge in [0.25, 0.3) is 32.1 Å². The van der Waals surface area contributed by atoms with E-state index in [9.17, 15) is 53.3 Å². The van der Waals surface area contributed by atoms with Crippen LogP contribution in [0.4, 0.5) is 11.4 Å². The largest absolute Gasteiger partial charge is 1.00 e. The number of fused-ring (bicyclic) bond motifs is 2. The summed E-state index contributed by atoms with van der Waals surface area (Å²) in [6.07, 6.45) is 11.0. The summed E-state index contributed by atoms with van der Waals surface area (Å²) in [5.41, 5.74) is 1.94. The minimum atomic E-state index is -4.81. The maximum Gasteiger partial charge on any atom is 1.00 e. The minimum Gasteiger partial charge on any atom is -0.744 e. The monoisotopic (exact) mass is 1050 g/mol. The maximum absolute atomic E-state index is 12.4. The van der Waals surface area contributed by atoms with E-state index >= 15 is 0 Å². The van der Waals surface area contributed by atoms with E-state index in [0.717, 1.165) is 5.70 Å². The number of carbonyl (C=O) groups is 3. The summed E-state index contributed by atoms with van der Waals surface area (Å²) in [7, 11) is -10.7. The first-order chi connectivity index (χ1) is 31.0. The number of benzene rings is 2. The number of ether oxygens (including phenoxy) is 3. The third kappa shape index (κ3) is 16.4. The Morgan fingerprint density at radius 3 is 2.06 bits per heavy atom. The molecule has 2 atom stereocenters. The van der Waals surface area contributed by atoms with Crippen molar-refractivity contribution in [1.82, 2.24) is 5.06 Å². The molecule has 5 rings (SSSR count). The summed E-state index contributed by atoms with van der Waals surface area (Å²) >= 11 is 0. The number of hydrogen-bond donors (Lipinski definition) is 2. The molecular weight excluding hydrogens is 992 g/mol. The first-order valence-electron chi connectivity index (χ1n) is 21.3. The first-order valence-corrected chi connectivity index (χ1v) is 25.8. The molecule has 0 saturated carbocycles. The molecule has 0 aliphatic carbocycles. The quantitative estimate of drug-likeness (QED) is 0.0237. The van der Waals surface area contributed by atoms with Gasteiger partial charge in [0.1, 0.15) is 16.7 Å². The summed E-state index contributed by atoms with van der Waals surface area (Å²) < 4.78 is 123. The number of unbranched alkanes of at least 4 members (excludes halogenated alkanes) is 2. The van der Waals surface area contributed by atoms with Crippen molar-refractivity contribution in [2.45, 2.75) is 92.3 Å². The molecule has 0 bridgehead atoms. The Hall–Kier alpha value is -1.65. The van der Waals surface area contributed by atoms with Crippen molar-refractivity contribution >= 4 is 65.2 Å². The topological polar surface area (TPSA) is 264 Å². The Kier molecular flexibility index (Phi) is 25.4. The molecule has 2 N–H and O–H groups in total. The molecule has 3 aliphatic heterocycles. The molecule has 1 saturated heterocycles. The van der Waals surface area contributed by atoms with Crippen molar-refractivity contribution in [1.29, 1.82) is 0 Å². The Morgan fingerprint density at radius 1 is 0.783 bits per heavy atom. The van der Waals surface area contributed by atoms with Crippen LogP contribution in [0.2, 0.25) is 0 Å². The van der Waals surface area contributed by atoms with Crippen molar-refractivity contribution in [3.8, 4) is 0 Å². The van der Waals surface area contributed by atoms with Gasteiger partial charge in [0, 0.05) is 81.1 Å². The fourth-order valence-electron chi connectivity index (χ4n) is 8.58. The number of amides is 2. The van der Waals surface area contributed by atoms with E-state index in [1.807, 2.05) is 35.5 Å². The van der Waals surface area contributed by atoms with Crippen LogP contribution in [0.5, 0.6) is 0 Å². The molecule has 0 radical (unpaired) electrons. The van der Waals surface area contributed by atoms with E-state index < -0.39 is 64.7 Å². The van der Waals surface area contributed by atoms with Gasteiger partial charge in [-0.2, -0.15) is 21.4 Å². The van der Waals surface area contributed by atoms with Gasteiger partial charge >= 0.3 is 94.6 Å². The molecule has 19 nitrogen and oxygen atoms in total. The molecule has 0 spiro atoms. The zero-order valence-corrected chi connectivity index (χ0v) is 48.8. The molecule has 2 amide bonds. The number of methoxy groups -OCH3 is 2. The van der Waals surface area contributed by atoms with E-state index in [2.05, 4.69) is 0 Å². The van der Waals surface area contributed by atoms with Gasteiger partial charge in [0.05, 0.1) is 34.2 Å². The van der Waals surface area contributed by atoms with Crippen molar-refractivity contribution in [3.63, 3.8) is 0 Å². The van der Waals surface area contributed by atoms with E-state index in [0.29, 0.717) is 85.3 Å². The molecule has 25 heteroatoms. The predicted octanol–water partition coefficient (Wildman–Crippen LogP) is -4.49. The average Bonchev–Trinajstić information content (AvgIpc) is 3.77. The van der Waals surface area contributed by atoms with Gasteiger partial charge in [-0.1, -0.05) is 24.6 Å². The third-order valence-corrected chi connectivity index (χ3v) is 14.5. The van der Waals surface area contributed by atoms with Crippen molar-refractivity contribution < 1.29 is 166 Å². The molecule has 69 heavy (non-hydrogen) atoms. The number of allylic oxidation sites excluding steroid dienone is 6. The smallest absolute Gasteiger partial charge is 0.744 e. The Morgan fingerprint density at radius 2 is 1.43 bits per heavy atom. The predicted molar refractivity (Wildman–Crippen MR) is 239 cm³/mol. The zero-order chi connectivity index (χ0) is 48.5. The van der Waals surface area contributed by atoms with E-state index in [4.69, 9.17) is 19.0 Å². The number of carbonyl (C=O) groups excluding carboxylic acids is 3. The molecular formula is C44H57N3Na3O16S3+3. The van der Waals surface area contributed by atoms with Gasteiger partial charge < -0.3 is 28.5 Å². The standard InChI is InChI=1S/C44H57N3O16S3.3Na/c1-43(21-11-29-64(51,52)53)34-30-32(65(54,55)56)16-18-37(34)46(24-26-62-28-27-61-4)38(43)12-7-5-8-13-39-44(2,22-25-60-3)35-31-33(66(57,58)59)15-17-36(35)45(39)23-10-6-9-14-42(50)63-47-40(48)19-20-41(47)49;;;/h5,7-8,12-13,15-18,30-31H,6,9-11,14,19-29H2,1-4H3,(H2-,51,52,53,54,55,56,57,58,59);;;/q;3*+1. The Bertz CT molecular complexity index is 2630. The number of nitrogens with zero attached hydrogens (tertiary/aromatic N) is 3. The van der Waals surface area contributed by atoms with Crippen LogP contribution in [0.25, 0.3) is 0 Å². The van der Waals surface area contributed by atoms with Crippen LogP contribution in [0, 0.1) is 0 Å². The van der Waals surface area contributed by atoms with Crippen LogP contribution < -0.4 is 93.6 Å². The molecule has 0 aromatic heterocycles. The van der Waals surface area contributed by atoms with E-state index in [-0.39, 0.29) is 144 Å². The SMILES string of the molecule is COCCOCC[N+]1=C(/C=C/C=C/C=C2/N(CCCCCC(=O)ON3C(=O)CCC3=O)c3ccc(S(=O)(=O)[O-])cc3C2(C)CCOC)C(C)(CCCS(=O)(=O)O)c2cc(S(=O)(=O)O)ccc21.[Na+].[Na+].[Na+]. The van der Waals surface area contributed by atoms with Crippen LogP contribution in [0.15, 0.2) is 82.3 Å². The summed E-state index contributed by atoms with van der Waals surface area (Å²) in [5, 5.41) is 0.511. The second-order valence-corrected chi connectivity index (χ2v) is 20.9. The fourth-order valence-corrected chi connectivity index (χ4v) is 10.1. The van der Waals surface area contributed by atoms with Crippen molar-refractivity contribution in [2.75, 3.05) is 64.4 Å². The van der Waals surface area contributed by atoms with Gasteiger partial charge in [0.15, 0.2) is 12.3 Å². The van der Waals surface area contributed by atoms with Gasteiger partial charge in [0.2, 0.25) is 5.69 Å². The van der Waals surface area contributed by atoms with Crippen LogP contribution in [0.3, 0.4) is 0 Å². The van der Waals surface area contributed by atoms with Crippen LogP contribution in [-0.2, 0) is 74.6 Å². The van der Waals surface area contributed by atoms with Gasteiger partial charge in [-0.3, -0.25) is 18.7 Å². The second kappa shape index (κ2) is 27.6. The molecule has 3 aliphatic rings. The fraction of sp³-hybridized carbons (Fsp3) is 0.500. The molecule has 2 aromatic carbocycles. The molecule has 1 fully saturated rings. The van der Waals surface area contributed by atoms with Gasteiger partial charge in [-0.05, 0) is 87.9 Å². The maximum atomic E-state index is 12.4. The number of hydroxylamine groups is 2. The minimum absolute atomic E-state index is 0. The summed E-state index contributed by atoms with van der Waals surface area (Å²) in [5.74, 6) is -2.38. The summed E-state index contributed by atoms with van der Waals surface area (Å²) in [6, 6.07) is 8.45. The van der Waals surface area contributed by atoms with E-state index in [1.54, 1.807) is 37.5 Å². The molecule has 3 heterocycles. The Labute approximate surface area is 471 Å². The summed E-state index contributed by atoms with van der Waals surface area (Å²) in [6.45, 7) is 5.65. The van der Waals surface area contributed by atoms with Crippen molar-refractivity contribution in [3.05, 3.63) is 83.6 Å². The molecule has 2 aromatic rings. The van der Waals surface area contributed by atoms with Crippen molar-refractivity contribution in [2.24, 2.45) is 0 Å². The first kappa shape index (κ1) is 63.5.